The molecule has 0 aromatic heterocycles. The molecule has 0 radical (unpaired) electrons. The lowest BCUT2D eigenvalue weighted by molar-refractivity contribution is -0.132. The van der Waals surface area contributed by atoms with Crippen molar-refractivity contribution < 1.29 is 4.79 Å². The highest BCUT2D eigenvalue weighted by Crippen LogP contribution is 2.09. The van der Waals surface area contributed by atoms with Gasteiger partial charge in [-0.15, -0.1) is 0 Å². The van der Waals surface area contributed by atoms with Crippen LogP contribution in [0.3, 0.4) is 0 Å². The molecule has 1 saturated heterocycles. The molecule has 0 saturated carbocycles. The highest BCUT2D eigenvalue weighted by molar-refractivity contribution is 5.79. The van der Waals surface area contributed by atoms with E-state index in [0.29, 0.717) is 18.5 Å². The molecule has 1 heterocycles. The summed E-state index contributed by atoms with van der Waals surface area (Å²) in [6.07, 6.45) is 1.16. The maximum atomic E-state index is 11.3. The number of hydrogen-bond donors (Lipinski definition) is 1. The molecule has 1 atom stereocenters. The van der Waals surface area contributed by atoms with Gasteiger partial charge < -0.3 is 10.2 Å². The van der Waals surface area contributed by atoms with E-state index in [-0.39, 0.29) is 5.91 Å². The van der Waals surface area contributed by atoms with Gasteiger partial charge in [-0.25, -0.2) is 0 Å². The molecule has 1 amide bonds. The van der Waals surface area contributed by atoms with E-state index in [1.54, 1.807) is 0 Å². The number of nitrogens with zero attached hydrogens (tertiary/aromatic N) is 1. The molecule has 1 unspecified atom stereocenters. The number of likely N-dealkylation sites (N-methyl/N-ethyl adjacent to an activating group) is 1. The molecule has 76 valence electrons. The van der Waals surface area contributed by atoms with Crippen LogP contribution < -0.4 is 5.32 Å². The highest BCUT2D eigenvalue weighted by atomic mass is 16.2. The number of piperazine rings is 1. The van der Waals surface area contributed by atoms with Crippen LogP contribution in [0.4, 0.5) is 0 Å². The fourth-order valence-corrected chi connectivity index (χ4v) is 1.81. The van der Waals surface area contributed by atoms with Crippen LogP contribution in [0.1, 0.15) is 27.2 Å². The number of carbonyl (C=O) groups excluding carboxylic acids is 1. The minimum Gasteiger partial charge on any atom is -0.340 e. The van der Waals surface area contributed by atoms with Crippen LogP contribution >= 0.6 is 0 Å². The summed E-state index contributed by atoms with van der Waals surface area (Å²) in [4.78, 5) is 13.3. The Bertz CT molecular complexity index is 180. The van der Waals surface area contributed by atoms with Gasteiger partial charge in [0.25, 0.3) is 0 Å². The Balaban J connectivity index is 2.40. The SMILES string of the molecule is CCN1CC(CC(C)C)NCC1=O. The van der Waals surface area contributed by atoms with Crippen LogP contribution in [-0.2, 0) is 4.79 Å². The average Bonchev–Trinajstić information content (AvgIpc) is 2.07. The quantitative estimate of drug-likeness (QED) is 0.705. The largest absolute Gasteiger partial charge is 0.340 e. The topological polar surface area (TPSA) is 32.3 Å². The van der Waals surface area contributed by atoms with E-state index in [1.807, 2.05) is 11.8 Å². The molecule has 3 nitrogen and oxygen atoms in total. The Morgan fingerprint density at radius 2 is 2.31 bits per heavy atom. The second-order valence-corrected chi connectivity index (χ2v) is 4.14. The fourth-order valence-electron chi connectivity index (χ4n) is 1.81. The van der Waals surface area contributed by atoms with Crippen LogP contribution in [0.2, 0.25) is 0 Å². The summed E-state index contributed by atoms with van der Waals surface area (Å²) in [6, 6.07) is 0.498. The molecule has 1 N–H and O–H groups in total. The second kappa shape index (κ2) is 4.61. The van der Waals surface area contributed by atoms with Gasteiger partial charge in [-0.3, -0.25) is 4.79 Å². The summed E-state index contributed by atoms with van der Waals surface area (Å²) >= 11 is 0. The number of nitrogens with one attached hydrogen (secondary N) is 1. The van der Waals surface area contributed by atoms with Gasteiger partial charge in [0.1, 0.15) is 0 Å². The van der Waals surface area contributed by atoms with Crippen molar-refractivity contribution in [3.8, 4) is 0 Å². The van der Waals surface area contributed by atoms with Crippen LogP contribution in [0.5, 0.6) is 0 Å². The first-order valence-electron chi connectivity index (χ1n) is 5.14. The van der Waals surface area contributed by atoms with Gasteiger partial charge >= 0.3 is 0 Å². The molecular weight excluding hydrogens is 164 g/mol. The summed E-state index contributed by atoms with van der Waals surface area (Å²) in [5, 5.41) is 3.27. The lowest BCUT2D eigenvalue weighted by atomic mass is 10.0. The molecule has 0 aromatic carbocycles. The average molecular weight is 184 g/mol. The normalized spacial score (nSPS) is 24.2. The molecular formula is C10H20N2O. The van der Waals surface area contributed by atoms with Crippen molar-refractivity contribution in [2.24, 2.45) is 5.92 Å². The third-order valence-corrected chi connectivity index (χ3v) is 2.47. The summed E-state index contributed by atoms with van der Waals surface area (Å²) in [5.74, 6) is 0.937. The molecule has 1 fully saturated rings. The minimum absolute atomic E-state index is 0.238. The van der Waals surface area contributed by atoms with Gasteiger partial charge in [-0.2, -0.15) is 0 Å². The van der Waals surface area contributed by atoms with Crippen LogP contribution in [0.15, 0.2) is 0 Å². The second-order valence-electron chi connectivity index (χ2n) is 4.14. The van der Waals surface area contributed by atoms with Gasteiger partial charge in [0.15, 0.2) is 0 Å². The van der Waals surface area contributed by atoms with Crippen molar-refractivity contribution in [3.05, 3.63) is 0 Å². The Kier molecular flexibility index (Phi) is 3.72. The van der Waals surface area contributed by atoms with Crippen molar-refractivity contribution in [1.29, 1.82) is 0 Å². The first-order chi connectivity index (χ1) is 6.13. The molecule has 1 aliphatic rings. The van der Waals surface area contributed by atoms with Crippen molar-refractivity contribution in [1.82, 2.24) is 10.2 Å². The van der Waals surface area contributed by atoms with Gasteiger partial charge in [-0.05, 0) is 19.3 Å². The minimum atomic E-state index is 0.238. The van der Waals surface area contributed by atoms with Crippen molar-refractivity contribution in [2.45, 2.75) is 33.2 Å². The molecule has 0 spiro atoms. The Labute approximate surface area is 80.5 Å². The molecule has 13 heavy (non-hydrogen) atoms. The zero-order valence-electron chi connectivity index (χ0n) is 8.84. The molecule has 0 aromatic rings. The standard InChI is InChI=1S/C10H20N2O/c1-4-12-7-9(5-8(2)3)11-6-10(12)13/h8-9,11H,4-7H2,1-3H3. The molecule has 0 aliphatic carbocycles. The van der Waals surface area contributed by atoms with E-state index >= 15 is 0 Å². The number of hydrogen-bond acceptors (Lipinski definition) is 2. The summed E-state index contributed by atoms with van der Waals surface area (Å²) in [7, 11) is 0. The predicted octanol–water partition coefficient (Wildman–Crippen LogP) is 0.853. The zero-order valence-corrected chi connectivity index (χ0v) is 8.84. The lowest BCUT2D eigenvalue weighted by Crippen LogP contribution is -2.54. The van der Waals surface area contributed by atoms with E-state index in [1.165, 1.54) is 0 Å². The number of amides is 1. The highest BCUT2D eigenvalue weighted by Gasteiger charge is 2.23. The summed E-state index contributed by atoms with van der Waals surface area (Å²) in [6.45, 7) is 8.71. The smallest absolute Gasteiger partial charge is 0.236 e. The summed E-state index contributed by atoms with van der Waals surface area (Å²) < 4.78 is 0. The van der Waals surface area contributed by atoms with Crippen LogP contribution in [0, 0.1) is 5.92 Å². The van der Waals surface area contributed by atoms with E-state index in [0.717, 1.165) is 19.5 Å². The Morgan fingerprint density at radius 3 is 2.85 bits per heavy atom. The van der Waals surface area contributed by atoms with E-state index < -0.39 is 0 Å². The third-order valence-electron chi connectivity index (χ3n) is 2.47. The van der Waals surface area contributed by atoms with Gasteiger partial charge in [0.05, 0.1) is 6.54 Å². The van der Waals surface area contributed by atoms with Gasteiger partial charge in [0, 0.05) is 19.1 Å². The Hall–Kier alpha value is -0.570. The lowest BCUT2D eigenvalue weighted by Gasteiger charge is -2.33. The Morgan fingerprint density at radius 1 is 1.62 bits per heavy atom. The molecule has 1 rings (SSSR count). The maximum absolute atomic E-state index is 11.3. The monoisotopic (exact) mass is 184 g/mol. The molecule has 0 bridgehead atoms. The summed E-state index contributed by atoms with van der Waals surface area (Å²) in [5.41, 5.74) is 0. The van der Waals surface area contributed by atoms with Crippen molar-refractivity contribution >= 4 is 5.91 Å². The number of carbonyl (C=O) groups is 1. The zero-order chi connectivity index (χ0) is 9.84. The van der Waals surface area contributed by atoms with E-state index in [4.69, 9.17) is 0 Å². The first kappa shape index (κ1) is 10.5. The van der Waals surface area contributed by atoms with E-state index in [2.05, 4.69) is 19.2 Å². The number of rotatable bonds is 3. The predicted molar refractivity (Wildman–Crippen MR) is 53.5 cm³/mol. The van der Waals surface area contributed by atoms with E-state index in [9.17, 15) is 4.79 Å². The van der Waals surface area contributed by atoms with Gasteiger partial charge in [0.2, 0.25) is 5.91 Å². The van der Waals surface area contributed by atoms with Crippen molar-refractivity contribution in [2.75, 3.05) is 19.6 Å². The molecule has 1 aliphatic heterocycles. The van der Waals surface area contributed by atoms with Crippen LogP contribution in [0.25, 0.3) is 0 Å². The van der Waals surface area contributed by atoms with Gasteiger partial charge in [-0.1, -0.05) is 13.8 Å². The van der Waals surface area contributed by atoms with Crippen LogP contribution in [-0.4, -0.2) is 36.5 Å². The molecule has 3 heteroatoms. The maximum Gasteiger partial charge on any atom is 0.236 e. The fraction of sp³-hybridized carbons (Fsp3) is 0.900. The first-order valence-corrected chi connectivity index (χ1v) is 5.14. The third kappa shape index (κ3) is 2.99. The van der Waals surface area contributed by atoms with Crippen molar-refractivity contribution in [3.63, 3.8) is 0 Å².